The van der Waals surface area contributed by atoms with Gasteiger partial charge < -0.3 is 10.5 Å². The van der Waals surface area contributed by atoms with Crippen LogP contribution in [0.2, 0.25) is 0 Å². The van der Waals surface area contributed by atoms with Crippen LogP contribution in [0.4, 0.5) is 4.39 Å². The molecule has 0 spiro atoms. The molecule has 0 radical (unpaired) electrons. The Morgan fingerprint density at radius 1 is 1.39 bits per heavy atom. The molecule has 0 aromatic heterocycles. The van der Waals surface area contributed by atoms with Gasteiger partial charge in [0.1, 0.15) is 11.6 Å². The maximum absolute atomic E-state index is 13.3. The first-order valence-corrected chi connectivity index (χ1v) is 6.00. The van der Waals surface area contributed by atoms with Crippen molar-refractivity contribution >= 4 is 0 Å². The fourth-order valence-electron chi connectivity index (χ4n) is 1.50. The van der Waals surface area contributed by atoms with E-state index >= 15 is 0 Å². The van der Waals surface area contributed by atoms with Crippen molar-refractivity contribution in [1.82, 2.24) is 0 Å². The first-order chi connectivity index (χ1) is 8.46. The predicted octanol–water partition coefficient (Wildman–Crippen LogP) is 2.65. The zero-order valence-corrected chi connectivity index (χ0v) is 10.9. The molecule has 2 N–H and O–H groups in total. The quantitative estimate of drug-likeness (QED) is 0.844. The lowest BCUT2D eigenvalue weighted by atomic mass is 9.92. The molecule has 0 amide bonds. The number of nitrogens with two attached hydrogens (primary N) is 1. The third kappa shape index (κ3) is 4.72. The summed E-state index contributed by atoms with van der Waals surface area (Å²) in [6.45, 7) is 4.57. The normalized spacial score (nSPS) is 11.1. The van der Waals surface area contributed by atoms with Gasteiger partial charge in [0, 0.05) is 6.07 Å². The Balaban J connectivity index is 2.60. The van der Waals surface area contributed by atoms with E-state index in [1.54, 1.807) is 6.07 Å². The zero-order chi connectivity index (χ0) is 13.6. The monoisotopic (exact) mass is 250 g/mol. The van der Waals surface area contributed by atoms with Crippen molar-refractivity contribution < 1.29 is 9.13 Å². The highest BCUT2D eigenvalue weighted by Crippen LogP contribution is 2.21. The third-order valence-electron chi connectivity index (χ3n) is 2.66. The van der Waals surface area contributed by atoms with Gasteiger partial charge in [-0.15, -0.1) is 0 Å². The maximum atomic E-state index is 13.3. The van der Waals surface area contributed by atoms with Crippen molar-refractivity contribution in [3.05, 3.63) is 29.6 Å². The molecule has 0 bridgehead atoms. The van der Waals surface area contributed by atoms with Gasteiger partial charge in [-0.1, -0.05) is 0 Å². The Morgan fingerprint density at radius 2 is 2.11 bits per heavy atom. The number of nitriles is 1. The summed E-state index contributed by atoms with van der Waals surface area (Å²) in [5, 5.41) is 8.87. The van der Waals surface area contributed by atoms with Crippen molar-refractivity contribution in [1.29, 1.82) is 5.26 Å². The first-order valence-electron chi connectivity index (χ1n) is 6.00. The average Bonchev–Trinajstić information content (AvgIpc) is 2.28. The highest BCUT2D eigenvalue weighted by atomic mass is 19.1. The van der Waals surface area contributed by atoms with Gasteiger partial charge in [0.05, 0.1) is 18.1 Å². The SMILES string of the molecule is CC(C)(C#N)CCOc1cc(F)cc(CCN)c1. The van der Waals surface area contributed by atoms with Gasteiger partial charge in [-0.05, 0) is 50.9 Å². The van der Waals surface area contributed by atoms with Crippen LogP contribution in [0.25, 0.3) is 0 Å². The molecule has 0 aliphatic carbocycles. The van der Waals surface area contributed by atoms with Gasteiger partial charge in [-0.2, -0.15) is 5.26 Å². The molecular formula is C14H19FN2O. The lowest BCUT2D eigenvalue weighted by molar-refractivity contribution is 0.263. The second-order valence-corrected chi connectivity index (χ2v) is 4.93. The molecule has 4 heteroatoms. The molecule has 0 unspecified atom stereocenters. The average molecular weight is 250 g/mol. The summed E-state index contributed by atoms with van der Waals surface area (Å²) in [4.78, 5) is 0. The number of hydrogen-bond acceptors (Lipinski definition) is 3. The predicted molar refractivity (Wildman–Crippen MR) is 68.7 cm³/mol. The van der Waals surface area contributed by atoms with E-state index in [2.05, 4.69) is 6.07 Å². The van der Waals surface area contributed by atoms with E-state index in [9.17, 15) is 4.39 Å². The van der Waals surface area contributed by atoms with Crippen molar-refractivity contribution in [2.75, 3.05) is 13.2 Å². The summed E-state index contributed by atoms with van der Waals surface area (Å²) in [5.41, 5.74) is 5.84. The molecule has 1 rings (SSSR count). The van der Waals surface area contributed by atoms with Crippen molar-refractivity contribution in [3.8, 4) is 11.8 Å². The Hall–Kier alpha value is -1.60. The van der Waals surface area contributed by atoms with Crippen molar-refractivity contribution in [3.63, 3.8) is 0 Å². The number of nitrogens with zero attached hydrogens (tertiary/aromatic N) is 1. The molecular weight excluding hydrogens is 231 g/mol. The maximum Gasteiger partial charge on any atom is 0.127 e. The second-order valence-electron chi connectivity index (χ2n) is 4.93. The number of hydrogen-bond donors (Lipinski definition) is 1. The third-order valence-corrected chi connectivity index (χ3v) is 2.66. The lowest BCUT2D eigenvalue weighted by Crippen LogP contribution is -2.13. The molecule has 0 aliphatic rings. The second kappa shape index (κ2) is 6.36. The molecule has 1 aromatic rings. The van der Waals surface area contributed by atoms with E-state index < -0.39 is 5.41 Å². The standard InChI is InChI=1S/C14H19FN2O/c1-14(2,10-17)4-6-18-13-8-11(3-5-16)7-12(15)9-13/h7-9H,3-6,16H2,1-2H3. The van der Waals surface area contributed by atoms with Crippen molar-refractivity contribution in [2.45, 2.75) is 26.7 Å². The molecule has 98 valence electrons. The van der Waals surface area contributed by atoms with Crippen LogP contribution in [0.1, 0.15) is 25.8 Å². The molecule has 0 saturated carbocycles. The zero-order valence-electron chi connectivity index (χ0n) is 10.9. The largest absolute Gasteiger partial charge is 0.493 e. The highest BCUT2D eigenvalue weighted by molar-refractivity contribution is 5.29. The summed E-state index contributed by atoms with van der Waals surface area (Å²) >= 11 is 0. The molecule has 0 saturated heterocycles. The van der Waals surface area contributed by atoms with Crippen LogP contribution in [-0.4, -0.2) is 13.2 Å². The number of halogens is 1. The van der Waals surface area contributed by atoms with Gasteiger partial charge in [-0.3, -0.25) is 0 Å². The number of ether oxygens (including phenoxy) is 1. The number of benzene rings is 1. The van der Waals surface area contributed by atoms with Crippen LogP contribution >= 0.6 is 0 Å². The van der Waals surface area contributed by atoms with Gasteiger partial charge in [0.15, 0.2) is 0 Å². The summed E-state index contributed by atoms with van der Waals surface area (Å²) in [5.74, 6) is 0.169. The Bertz CT molecular complexity index is 438. The van der Waals surface area contributed by atoms with Gasteiger partial charge in [0.2, 0.25) is 0 Å². The summed E-state index contributed by atoms with van der Waals surface area (Å²) in [6.07, 6.45) is 1.23. The van der Waals surface area contributed by atoms with Crippen LogP contribution in [0.15, 0.2) is 18.2 Å². The molecule has 0 fully saturated rings. The van der Waals surface area contributed by atoms with Gasteiger partial charge in [0.25, 0.3) is 0 Å². The van der Waals surface area contributed by atoms with E-state index in [-0.39, 0.29) is 5.82 Å². The Labute approximate surface area is 107 Å². The first kappa shape index (κ1) is 14.5. The fourth-order valence-corrected chi connectivity index (χ4v) is 1.50. The summed E-state index contributed by atoms with van der Waals surface area (Å²) < 4.78 is 18.8. The van der Waals surface area contributed by atoms with Gasteiger partial charge >= 0.3 is 0 Å². The minimum atomic E-state index is -0.423. The molecule has 0 aliphatic heterocycles. The minimum absolute atomic E-state index is 0.324. The Morgan fingerprint density at radius 3 is 2.72 bits per heavy atom. The van der Waals surface area contributed by atoms with Crippen LogP contribution in [0.3, 0.4) is 0 Å². The van der Waals surface area contributed by atoms with Crippen LogP contribution in [-0.2, 0) is 6.42 Å². The fraction of sp³-hybridized carbons (Fsp3) is 0.500. The van der Waals surface area contributed by atoms with Gasteiger partial charge in [-0.25, -0.2) is 4.39 Å². The molecule has 0 atom stereocenters. The van der Waals surface area contributed by atoms with E-state index in [4.69, 9.17) is 15.7 Å². The molecule has 3 nitrogen and oxygen atoms in total. The lowest BCUT2D eigenvalue weighted by Gasteiger charge is -2.15. The minimum Gasteiger partial charge on any atom is -0.493 e. The number of rotatable bonds is 6. The van der Waals surface area contributed by atoms with E-state index in [0.717, 1.165) is 5.56 Å². The molecule has 1 aromatic carbocycles. The van der Waals surface area contributed by atoms with Crippen molar-refractivity contribution in [2.24, 2.45) is 11.1 Å². The van der Waals surface area contributed by atoms with Crippen LogP contribution < -0.4 is 10.5 Å². The van der Waals surface area contributed by atoms with E-state index in [1.807, 2.05) is 13.8 Å². The molecule has 0 heterocycles. The summed E-state index contributed by atoms with van der Waals surface area (Å²) in [6, 6.07) is 6.79. The van der Waals surface area contributed by atoms with Crippen LogP contribution in [0.5, 0.6) is 5.75 Å². The highest BCUT2D eigenvalue weighted by Gasteiger charge is 2.16. The summed E-state index contributed by atoms with van der Waals surface area (Å²) in [7, 11) is 0. The van der Waals surface area contributed by atoms with E-state index in [1.165, 1.54) is 12.1 Å². The molecule has 18 heavy (non-hydrogen) atoms. The topological polar surface area (TPSA) is 59.0 Å². The van der Waals surface area contributed by atoms with Crippen LogP contribution in [0, 0.1) is 22.6 Å². The Kier molecular flexibility index (Phi) is 5.11. The smallest absolute Gasteiger partial charge is 0.127 e. The van der Waals surface area contributed by atoms with E-state index in [0.29, 0.717) is 31.7 Å².